The van der Waals surface area contributed by atoms with Crippen molar-refractivity contribution in [3.05, 3.63) is 0 Å². The molecule has 130 valence electrons. The minimum absolute atomic E-state index is 0.971. The van der Waals surface area contributed by atoms with E-state index in [0.29, 0.717) is 0 Å². The molecule has 2 heteroatoms. The van der Waals surface area contributed by atoms with Gasteiger partial charge in [0.15, 0.2) is 0 Å². The molecule has 0 aromatic heterocycles. The molecule has 2 nitrogen and oxygen atoms in total. The molecule has 0 aliphatic carbocycles. The van der Waals surface area contributed by atoms with Crippen LogP contribution in [0.5, 0.6) is 0 Å². The van der Waals surface area contributed by atoms with Crippen LogP contribution in [0.3, 0.4) is 0 Å². The van der Waals surface area contributed by atoms with E-state index in [1.165, 1.54) is 58.4 Å². The first-order chi connectivity index (χ1) is 10.2. The summed E-state index contributed by atoms with van der Waals surface area (Å²) in [7, 11) is 2.25. The van der Waals surface area contributed by atoms with Gasteiger partial charge in [0, 0.05) is 6.54 Å². The molecule has 0 spiro atoms. The van der Waals surface area contributed by atoms with E-state index >= 15 is 0 Å². The summed E-state index contributed by atoms with van der Waals surface area (Å²) in [5, 5.41) is 0. The molecule has 0 bridgehead atoms. The van der Waals surface area contributed by atoms with E-state index in [4.69, 9.17) is 0 Å². The van der Waals surface area contributed by atoms with Gasteiger partial charge < -0.3 is 9.80 Å². The summed E-state index contributed by atoms with van der Waals surface area (Å²) < 4.78 is 0. The zero-order valence-electron chi connectivity index (χ0n) is 16.4. The lowest BCUT2D eigenvalue weighted by Gasteiger charge is -2.36. The molecule has 0 unspecified atom stereocenters. The van der Waals surface area contributed by atoms with Crippen molar-refractivity contribution < 1.29 is 0 Å². The third-order valence-electron chi connectivity index (χ3n) is 4.23. The number of nitrogens with zero attached hydrogens (tertiary/aromatic N) is 2. The van der Waals surface area contributed by atoms with E-state index in [-0.39, 0.29) is 0 Å². The van der Waals surface area contributed by atoms with Crippen molar-refractivity contribution >= 4 is 0 Å². The average Bonchev–Trinajstić information content (AvgIpc) is 2.57. The van der Waals surface area contributed by atoms with Crippen LogP contribution < -0.4 is 0 Å². The maximum atomic E-state index is 2.70. The molecule has 0 saturated carbocycles. The maximum absolute atomic E-state index is 2.70. The average molecular weight is 301 g/mol. The van der Waals surface area contributed by atoms with Crippen molar-refractivity contribution in [1.82, 2.24) is 9.80 Å². The fraction of sp³-hybridized carbons (Fsp3) is 1.00. The molecular formula is C19H44N2. The van der Waals surface area contributed by atoms with Crippen LogP contribution in [-0.2, 0) is 0 Å². The SMILES string of the molecule is CC.CC.CC.CC1CCN(CC2CCN(C)CC2)CC1. The van der Waals surface area contributed by atoms with Gasteiger partial charge in [0.1, 0.15) is 0 Å². The van der Waals surface area contributed by atoms with E-state index in [1.807, 2.05) is 41.5 Å². The molecule has 2 aliphatic heterocycles. The van der Waals surface area contributed by atoms with Crippen LogP contribution >= 0.6 is 0 Å². The fourth-order valence-electron chi connectivity index (χ4n) is 2.85. The van der Waals surface area contributed by atoms with Crippen molar-refractivity contribution in [2.24, 2.45) is 11.8 Å². The Morgan fingerprint density at radius 2 is 1.14 bits per heavy atom. The van der Waals surface area contributed by atoms with Gasteiger partial charge in [-0.1, -0.05) is 48.5 Å². The predicted octanol–water partition coefficient (Wildman–Crippen LogP) is 5.14. The second-order valence-corrected chi connectivity index (χ2v) is 5.73. The van der Waals surface area contributed by atoms with Crippen LogP contribution in [0.1, 0.15) is 74.1 Å². The van der Waals surface area contributed by atoms with Crippen molar-refractivity contribution in [2.75, 3.05) is 39.8 Å². The summed E-state index contributed by atoms with van der Waals surface area (Å²) >= 11 is 0. The molecule has 21 heavy (non-hydrogen) atoms. The third-order valence-corrected chi connectivity index (χ3v) is 4.23. The smallest absolute Gasteiger partial charge is 0.00106 e. The lowest BCUT2D eigenvalue weighted by Crippen LogP contribution is -2.40. The minimum atomic E-state index is 0.971. The molecule has 2 heterocycles. The van der Waals surface area contributed by atoms with Gasteiger partial charge in [0.05, 0.1) is 0 Å². The highest BCUT2D eigenvalue weighted by Crippen LogP contribution is 2.21. The number of hydrogen-bond donors (Lipinski definition) is 0. The third kappa shape index (κ3) is 11.2. The van der Waals surface area contributed by atoms with Crippen LogP contribution in [0.25, 0.3) is 0 Å². The van der Waals surface area contributed by atoms with Gasteiger partial charge in [-0.3, -0.25) is 0 Å². The van der Waals surface area contributed by atoms with Gasteiger partial charge in [-0.15, -0.1) is 0 Å². The van der Waals surface area contributed by atoms with Crippen LogP contribution in [0.2, 0.25) is 0 Å². The van der Waals surface area contributed by atoms with Gasteiger partial charge in [0.2, 0.25) is 0 Å². The standard InChI is InChI=1S/C13H26N2.3C2H6/c1-12-3-9-15(10-4-12)11-13-5-7-14(2)8-6-13;3*1-2/h12-13H,3-11H2,1-2H3;3*1-2H3. The molecule has 2 fully saturated rings. The Hall–Kier alpha value is -0.0800. The molecule has 2 saturated heterocycles. The fourth-order valence-corrected chi connectivity index (χ4v) is 2.85. The zero-order valence-corrected chi connectivity index (χ0v) is 16.4. The summed E-state index contributed by atoms with van der Waals surface area (Å²) in [5.41, 5.74) is 0. The summed E-state index contributed by atoms with van der Waals surface area (Å²) in [6.45, 7) is 21.1. The van der Waals surface area contributed by atoms with Crippen LogP contribution in [0.15, 0.2) is 0 Å². The number of rotatable bonds is 2. The Kier molecular flexibility index (Phi) is 18.0. The van der Waals surface area contributed by atoms with Crippen LogP contribution in [0.4, 0.5) is 0 Å². The van der Waals surface area contributed by atoms with Crippen molar-refractivity contribution in [3.8, 4) is 0 Å². The van der Waals surface area contributed by atoms with E-state index < -0.39 is 0 Å². The Bertz CT molecular complexity index is 158. The summed E-state index contributed by atoms with van der Waals surface area (Å²) in [6, 6.07) is 0. The lowest BCUT2D eigenvalue weighted by molar-refractivity contribution is 0.130. The van der Waals surface area contributed by atoms with E-state index in [2.05, 4.69) is 23.8 Å². The molecular weight excluding hydrogens is 256 g/mol. The van der Waals surface area contributed by atoms with Crippen molar-refractivity contribution in [2.45, 2.75) is 74.1 Å². The van der Waals surface area contributed by atoms with E-state index in [1.54, 1.807) is 0 Å². The molecule has 0 aromatic rings. The number of hydrogen-bond acceptors (Lipinski definition) is 2. The Morgan fingerprint density at radius 3 is 1.57 bits per heavy atom. The Labute approximate surface area is 136 Å². The highest BCUT2D eigenvalue weighted by Gasteiger charge is 2.21. The van der Waals surface area contributed by atoms with Gasteiger partial charge in [-0.25, -0.2) is 0 Å². The first-order valence-corrected chi connectivity index (χ1v) is 9.65. The van der Waals surface area contributed by atoms with Gasteiger partial charge in [-0.05, 0) is 70.7 Å². The first-order valence-electron chi connectivity index (χ1n) is 9.65. The summed E-state index contributed by atoms with van der Waals surface area (Å²) in [4.78, 5) is 5.17. The number of piperidine rings is 2. The lowest BCUT2D eigenvalue weighted by atomic mass is 9.94. The first kappa shape index (κ1) is 23.2. The quantitative estimate of drug-likeness (QED) is 0.697. The van der Waals surface area contributed by atoms with Crippen LogP contribution in [0, 0.1) is 11.8 Å². The van der Waals surface area contributed by atoms with Crippen molar-refractivity contribution in [3.63, 3.8) is 0 Å². The highest BCUT2D eigenvalue weighted by atomic mass is 15.1. The zero-order chi connectivity index (χ0) is 16.7. The topological polar surface area (TPSA) is 6.48 Å². The van der Waals surface area contributed by atoms with Gasteiger partial charge in [-0.2, -0.15) is 0 Å². The summed E-state index contributed by atoms with van der Waals surface area (Å²) in [6.07, 6.45) is 5.68. The molecule has 2 aliphatic rings. The second kappa shape index (κ2) is 16.3. The molecule has 2 rings (SSSR count). The van der Waals surface area contributed by atoms with Crippen molar-refractivity contribution in [1.29, 1.82) is 0 Å². The number of likely N-dealkylation sites (tertiary alicyclic amines) is 2. The largest absolute Gasteiger partial charge is 0.306 e. The molecule has 0 N–H and O–H groups in total. The minimum Gasteiger partial charge on any atom is -0.306 e. The normalized spacial score (nSPS) is 21.1. The molecule has 0 amide bonds. The molecule has 0 radical (unpaired) electrons. The van der Waals surface area contributed by atoms with Crippen LogP contribution in [-0.4, -0.2) is 49.6 Å². The van der Waals surface area contributed by atoms with Gasteiger partial charge in [0.25, 0.3) is 0 Å². The van der Waals surface area contributed by atoms with Gasteiger partial charge >= 0.3 is 0 Å². The van der Waals surface area contributed by atoms with E-state index in [0.717, 1.165) is 11.8 Å². The Morgan fingerprint density at radius 1 is 0.714 bits per heavy atom. The molecule has 0 aromatic carbocycles. The second-order valence-electron chi connectivity index (χ2n) is 5.73. The Balaban J connectivity index is 0. The molecule has 0 atom stereocenters. The van der Waals surface area contributed by atoms with E-state index in [9.17, 15) is 0 Å². The maximum Gasteiger partial charge on any atom is 0.00106 e. The predicted molar refractivity (Wildman–Crippen MR) is 99.1 cm³/mol. The monoisotopic (exact) mass is 300 g/mol. The highest BCUT2D eigenvalue weighted by molar-refractivity contribution is 4.76. The summed E-state index contributed by atoms with van der Waals surface area (Å²) in [5.74, 6) is 1.95.